The molecule has 1 N–H and O–H groups in total. The van der Waals surface area contributed by atoms with Gasteiger partial charge < -0.3 is 14.6 Å². The fourth-order valence-electron chi connectivity index (χ4n) is 2.99. The van der Waals surface area contributed by atoms with E-state index >= 15 is 0 Å². The molecule has 2 aromatic rings. The van der Waals surface area contributed by atoms with Crippen molar-refractivity contribution in [2.24, 2.45) is 0 Å². The van der Waals surface area contributed by atoms with Crippen molar-refractivity contribution >= 4 is 0 Å². The van der Waals surface area contributed by atoms with Crippen molar-refractivity contribution in [2.45, 2.75) is 45.7 Å². The van der Waals surface area contributed by atoms with Gasteiger partial charge in [0.2, 0.25) is 0 Å². The average Bonchev–Trinajstić information content (AvgIpc) is 2.88. The lowest BCUT2D eigenvalue weighted by Crippen LogP contribution is -2.25. The number of benzene rings is 1. The van der Waals surface area contributed by atoms with Crippen molar-refractivity contribution in [3.8, 4) is 5.75 Å². The molecular weight excluding hydrogens is 276 g/mol. The minimum atomic E-state index is 0.361. The maximum absolute atomic E-state index is 5.88. The predicted molar refractivity (Wildman–Crippen MR) is 86.1 cm³/mol. The first-order valence-corrected chi connectivity index (χ1v) is 8.11. The van der Waals surface area contributed by atoms with Crippen LogP contribution in [-0.2, 0) is 13.0 Å². The number of aryl methyl sites for hydroxylation is 2. The minimum Gasteiger partial charge on any atom is -0.493 e. The molecule has 0 saturated heterocycles. The van der Waals surface area contributed by atoms with Crippen LogP contribution in [0.2, 0.25) is 0 Å². The van der Waals surface area contributed by atoms with Gasteiger partial charge in [-0.05, 0) is 31.4 Å². The summed E-state index contributed by atoms with van der Waals surface area (Å²) < 4.78 is 8.00. The second-order valence-electron chi connectivity index (χ2n) is 5.83. The molecule has 0 radical (unpaired) electrons. The number of rotatable bonds is 5. The second kappa shape index (κ2) is 6.92. The summed E-state index contributed by atoms with van der Waals surface area (Å²) in [5.41, 5.74) is 2.53. The van der Waals surface area contributed by atoms with Gasteiger partial charge in [-0.15, -0.1) is 10.2 Å². The number of ether oxygens (including phenoxy) is 1. The molecule has 1 aromatic heterocycles. The van der Waals surface area contributed by atoms with E-state index in [4.69, 9.17) is 4.74 Å². The fraction of sp³-hybridized carbons (Fsp3) is 0.529. The molecule has 3 rings (SSSR count). The Balaban J connectivity index is 1.65. The Labute approximate surface area is 131 Å². The summed E-state index contributed by atoms with van der Waals surface area (Å²) in [5.74, 6) is 2.08. The highest BCUT2D eigenvalue weighted by Crippen LogP contribution is 2.32. The smallest absolute Gasteiger partial charge is 0.132 e. The third kappa shape index (κ3) is 3.30. The molecular formula is C17H24N4O. The monoisotopic (exact) mass is 300 g/mol. The first kappa shape index (κ1) is 15.0. The highest BCUT2D eigenvalue weighted by atomic mass is 16.5. The molecule has 5 nitrogen and oxygen atoms in total. The molecule has 0 fully saturated rings. The average molecular weight is 300 g/mol. The predicted octanol–water partition coefficient (Wildman–Crippen LogP) is 2.65. The molecule has 0 spiro atoms. The molecule has 0 bridgehead atoms. The van der Waals surface area contributed by atoms with Crippen molar-refractivity contribution in [2.75, 3.05) is 13.2 Å². The van der Waals surface area contributed by atoms with Gasteiger partial charge in [0, 0.05) is 31.1 Å². The van der Waals surface area contributed by atoms with Crippen LogP contribution in [0.15, 0.2) is 24.5 Å². The Morgan fingerprint density at radius 1 is 1.41 bits per heavy atom. The maximum Gasteiger partial charge on any atom is 0.132 e. The van der Waals surface area contributed by atoms with Gasteiger partial charge in [-0.25, -0.2) is 0 Å². The standard InChI is InChI=1S/C17H24N4O/c1-3-17-20-19-12-21(17)9-8-18-15-5-4-10-22-16-11-13(2)6-7-14(15)16/h6-7,11-12,15,18H,3-5,8-10H2,1-2H3/t15-/m1/s1. The zero-order valence-electron chi connectivity index (χ0n) is 13.4. The van der Waals surface area contributed by atoms with Crippen LogP contribution in [0.1, 0.15) is 42.8 Å². The molecule has 118 valence electrons. The van der Waals surface area contributed by atoms with E-state index in [0.29, 0.717) is 6.04 Å². The number of aromatic nitrogens is 3. The van der Waals surface area contributed by atoms with Crippen molar-refractivity contribution in [1.82, 2.24) is 20.1 Å². The van der Waals surface area contributed by atoms with Crippen LogP contribution in [0, 0.1) is 6.92 Å². The van der Waals surface area contributed by atoms with Crippen LogP contribution in [-0.4, -0.2) is 27.9 Å². The lowest BCUT2D eigenvalue weighted by atomic mass is 10.0. The number of nitrogens with zero attached hydrogens (tertiary/aromatic N) is 3. The summed E-state index contributed by atoms with van der Waals surface area (Å²) >= 11 is 0. The van der Waals surface area contributed by atoms with Crippen LogP contribution in [0.25, 0.3) is 0 Å². The zero-order chi connectivity index (χ0) is 15.4. The van der Waals surface area contributed by atoms with Crippen molar-refractivity contribution in [1.29, 1.82) is 0 Å². The number of hydrogen-bond acceptors (Lipinski definition) is 4. The van der Waals surface area contributed by atoms with Crippen LogP contribution in [0.4, 0.5) is 0 Å². The molecule has 5 heteroatoms. The van der Waals surface area contributed by atoms with Gasteiger partial charge in [0.15, 0.2) is 0 Å². The lowest BCUT2D eigenvalue weighted by molar-refractivity contribution is 0.315. The van der Waals surface area contributed by atoms with E-state index in [1.165, 1.54) is 11.1 Å². The Hall–Kier alpha value is -1.88. The molecule has 0 amide bonds. The van der Waals surface area contributed by atoms with Crippen molar-refractivity contribution in [3.05, 3.63) is 41.5 Å². The normalized spacial score (nSPS) is 17.6. The summed E-state index contributed by atoms with van der Waals surface area (Å²) in [4.78, 5) is 0. The van der Waals surface area contributed by atoms with E-state index in [1.807, 2.05) is 6.33 Å². The number of hydrogen-bond donors (Lipinski definition) is 1. The topological polar surface area (TPSA) is 52.0 Å². The van der Waals surface area contributed by atoms with E-state index in [0.717, 1.165) is 50.5 Å². The summed E-state index contributed by atoms with van der Waals surface area (Å²) in [6, 6.07) is 6.87. The molecule has 0 saturated carbocycles. The number of fused-ring (bicyclic) bond motifs is 1. The van der Waals surface area contributed by atoms with Gasteiger partial charge in [0.05, 0.1) is 6.61 Å². The lowest BCUT2D eigenvalue weighted by Gasteiger charge is -2.19. The van der Waals surface area contributed by atoms with Gasteiger partial charge in [-0.1, -0.05) is 19.1 Å². The van der Waals surface area contributed by atoms with Crippen LogP contribution in [0.3, 0.4) is 0 Å². The number of nitrogens with one attached hydrogen (secondary N) is 1. The SMILES string of the molecule is CCc1nncn1CCN[C@@H]1CCCOc2cc(C)ccc21. The molecule has 1 aliphatic rings. The summed E-state index contributed by atoms with van der Waals surface area (Å²) in [5, 5.41) is 11.8. The Kier molecular flexibility index (Phi) is 4.73. The van der Waals surface area contributed by atoms with Gasteiger partial charge in [-0.3, -0.25) is 0 Å². The zero-order valence-corrected chi connectivity index (χ0v) is 13.4. The molecule has 2 heterocycles. The van der Waals surface area contributed by atoms with Gasteiger partial charge >= 0.3 is 0 Å². The Morgan fingerprint density at radius 3 is 3.18 bits per heavy atom. The molecule has 0 aliphatic carbocycles. The molecule has 1 aliphatic heterocycles. The first-order valence-electron chi connectivity index (χ1n) is 8.11. The van der Waals surface area contributed by atoms with E-state index in [2.05, 4.69) is 52.1 Å². The molecule has 1 atom stereocenters. The Bertz CT molecular complexity index is 623. The van der Waals surface area contributed by atoms with Crippen LogP contribution in [0.5, 0.6) is 5.75 Å². The molecule has 22 heavy (non-hydrogen) atoms. The van der Waals surface area contributed by atoms with Gasteiger partial charge in [0.1, 0.15) is 17.9 Å². The second-order valence-corrected chi connectivity index (χ2v) is 5.83. The maximum atomic E-state index is 5.88. The van der Waals surface area contributed by atoms with Gasteiger partial charge in [0.25, 0.3) is 0 Å². The fourth-order valence-corrected chi connectivity index (χ4v) is 2.99. The van der Waals surface area contributed by atoms with Gasteiger partial charge in [-0.2, -0.15) is 0 Å². The minimum absolute atomic E-state index is 0.361. The quantitative estimate of drug-likeness (QED) is 0.922. The summed E-state index contributed by atoms with van der Waals surface area (Å²) in [7, 11) is 0. The van der Waals surface area contributed by atoms with Crippen LogP contribution >= 0.6 is 0 Å². The summed E-state index contributed by atoms with van der Waals surface area (Å²) in [6.45, 7) is 6.82. The highest BCUT2D eigenvalue weighted by molar-refractivity contribution is 5.39. The third-order valence-electron chi connectivity index (χ3n) is 4.19. The van der Waals surface area contributed by atoms with Crippen molar-refractivity contribution in [3.63, 3.8) is 0 Å². The third-order valence-corrected chi connectivity index (χ3v) is 4.19. The molecule has 0 unspecified atom stereocenters. The molecule has 1 aromatic carbocycles. The largest absolute Gasteiger partial charge is 0.493 e. The summed E-state index contributed by atoms with van der Waals surface area (Å²) in [6.07, 6.45) is 4.92. The van der Waals surface area contributed by atoms with E-state index in [-0.39, 0.29) is 0 Å². The van der Waals surface area contributed by atoms with E-state index < -0.39 is 0 Å². The van der Waals surface area contributed by atoms with E-state index in [9.17, 15) is 0 Å². The van der Waals surface area contributed by atoms with Crippen LogP contribution < -0.4 is 10.1 Å². The highest BCUT2D eigenvalue weighted by Gasteiger charge is 2.19. The van der Waals surface area contributed by atoms with E-state index in [1.54, 1.807) is 0 Å². The first-order chi connectivity index (χ1) is 10.8. The van der Waals surface area contributed by atoms with Crippen molar-refractivity contribution < 1.29 is 4.74 Å². The Morgan fingerprint density at radius 2 is 2.32 bits per heavy atom.